The van der Waals surface area contributed by atoms with Gasteiger partial charge in [0.1, 0.15) is 0 Å². The molecule has 0 amide bonds. The van der Waals surface area contributed by atoms with Gasteiger partial charge in [-0.2, -0.15) is 0 Å². The Morgan fingerprint density at radius 2 is 1.47 bits per heavy atom. The number of hydrogen-bond acceptors (Lipinski definition) is 6. The molecule has 9 nitrogen and oxygen atoms in total. The van der Waals surface area contributed by atoms with Crippen molar-refractivity contribution in [2.24, 2.45) is 0 Å². The Bertz CT molecular complexity index is 1420. The smallest absolute Gasteiger partial charge is 0.270 e. The first-order valence-electron chi connectivity index (χ1n) is 9.37. The number of anilines is 2. The van der Waals surface area contributed by atoms with E-state index in [1.807, 2.05) is 13.0 Å². The van der Waals surface area contributed by atoms with Crippen LogP contribution in [0.1, 0.15) is 16.7 Å². The van der Waals surface area contributed by atoms with Gasteiger partial charge < -0.3 is 0 Å². The van der Waals surface area contributed by atoms with E-state index in [1.165, 1.54) is 37.3 Å². The molecule has 0 saturated carbocycles. The molecule has 0 heterocycles. The number of nitrogens with zero attached hydrogens (tertiary/aromatic N) is 1. The monoisotopic (exact) mass is 475 g/mol. The van der Waals surface area contributed by atoms with Crippen LogP contribution in [0.4, 0.5) is 17.1 Å². The van der Waals surface area contributed by atoms with E-state index in [0.717, 1.165) is 11.6 Å². The van der Waals surface area contributed by atoms with Gasteiger partial charge in [0, 0.05) is 17.8 Å². The molecular weight excluding hydrogens is 454 g/mol. The van der Waals surface area contributed by atoms with Crippen molar-refractivity contribution in [2.75, 3.05) is 9.44 Å². The van der Waals surface area contributed by atoms with Crippen LogP contribution in [0, 0.1) is 30.9 Å². The highest BCUT2D eigenvalue weighted by atomic mass is 32.2. The fourth-order valence-corrected chi connectivity index (χ4v) is 5.45. The topological polar surface area (TPSA) is 135 Å². The molecule has 0 aromatic heterocycles. The second-order valence-corrected chi connectivity index (χ2v) is 10.6. The lowest BCUT2D eigenvalue weighted by molar-refractivity contribution is -0.385. The second kappa shape index (κ2) is 8.60. The van der Waals surface area contributed by atoms with Crippen molar-refractivity contribution < 1.29 is 21.8 Å². The average molecular weight is 476 g/mol. The SMILES string of the molecule is Cc1cccc(NS(=O)(=O)c2ccc(C)c(NS(=O)(=O)c3cc([N+](=O)[O-])ccc3C)c2)c1. The molecule has 0 aliphatic heterocycles. The normalized spacial score (nSPS) is 11.7. The van der Waals surface area contributed by atoms with Crippen molar-refractivity contribution >= 4 is 37.1 Å². The van der Waals surface area contributed by atoms with Gasteiger partial charge in [-0.05, 0) is 61.7 Å². The first kappa shape index (κ1) is 23.2. The number of nitro groups is 1. The van der Waals surface area contributed by atoms with Crippen LogP contribution in [0.5, 0.6) is 0 Å². The van der Waals surface area contributed by atoms with Gasteiger partial charge in [0.25, 0.3) is 25.7 Å². The van der Waals surface area contributed by atoms with Gasteiger partial charge in [-0.1, -0.05) is 24.3 Å². The van der Waals surface area contributed by atoms with Crippen LogP contribution in [0.3, 0.4) is 0 Å². The summed E-state index contributed by atoms with van der Waals surface area (Å²) in [5, 5.41) is 11.0. The molecule has 0 atom stereocenters. The molecule has 32 heavy (non-hydrogen) atoms. The number of sulfonamides is 2. The van der Waals surface area contributed by atoms with Crippen molar-refractivity contribution in [3.63, 3.8) is 0 Å². The lowest BCUT2D eigenvalue weighted by Crippen LogP contribution is -2.17. The number of nitrogens with one attached hydrogen (secondary N) is 2. The van der Waals surface area contributed by atoms with E-state index in [-0.39, 0.29) is 21.2 Å². The minimum Gasteiger partial charge on any atom is -0.280 e. The van der Waals surface area contributed by atoms with Gasteiger partial charge in [-0.15, -0.1) is 0 Å². The maximum Gasteiger partial charge on any atom is 0.270 e. The van der Waals surface area contributed by atoms with E-state index in [0.29, 0.717) is 16.8 Å². The van der Waals surface area contributed by atoms with Crippen LogP contribution in [0.25, 0.3) is 0 Å². The summed E-state index contributed by atoms with van der Waals surface area (Å²) in [7, 11) is -8.21. The summed E-state index contributed by atoms with van der Waals surface area (Å²) < 4.78 is 56.3. The highest BCUT2D eigenvalue weighted by Crippen LogP contribution is 2.27. The molecule has 2 N–H and O–H groups in total. The minimum atomic E-state index is -4.22. The number of rotatable bonds is 7. The van der Waals surface area contributed by atoms with Crippen molar-refractivity contribution in [3.8, 4) is 0 Å². The number of nitro benzene ring substituents is 1. The predicted molar refractivity (Wildman–Crippen MR) is 122 cm³/mol. The third kappa shape index (κ3) is 5.06. The number of aryl methyl sites for hydroxylation is 3. The van der Waals surface area contributed by atoms with E-state index < -0.39 is 25.0 Å². The molecule has 0 saturated heterocycles. The van der Waals surface area contributed by atoms with Crippen molar-refractivity contribution in [3.05, 3.63) is 87.5 Å². The Balaban J connectivity index is 1.97. The number of benzene rings is 3. The van der Waals surface area contributed by atoms with Crippen LogP contribution in [-0.4, -0.2) is 21.8 Å². The summed E-state index contributed by atoms with van der Waals surface area (Å²) in [4.78, 5) is 9.95. The third-order valence-corrected chi connectivity index (χ3v) is 7.59. The van der Waals surface area contributed by atoms with E-state index >= 15 is 0 Å². The van der Waals surface area contributed by atoms with Crippen LogP contribution in [0.2, 0.25) is 0 Å². The molecule has 0 bridgehead atoms. The first-order chi connectivity index (χ1) is 14.9. The number of non-ortho nitro benzene ring substituents is 1. The molecule has 3 aromatic rings. The Kier molecular flexibility index (Phi) is 6.24. The fraction of sp³-hybridized carbons (Fsp3) is 0.143. The molecule has 168 valence electrons. The Morgan fingerprint density at radius 3 is 2.12 bits per heavy atom. The minimum absolute atomic E-state index is 0.0445. The van der Waals surface area contributed by atoms with Gasteiger partial charge >= 0.3 is 0 Å². The molecule has 3 rings (SSSR count). The van der Waals surface area contributed by atoms with E-state index in [1.54, 1.807) is 25.1 Å². The quantitative estimate of drug-likeness (QED) is 0.390. The summed E-state index contributed by atoms with van der Waals surface area (Å²) >= 11 is 0. The van der Waals surface area contributed by atoms with Crippen LogP contribution >= 0.6 is 0 Å². The molecule has 0 radical (unpaired) electrons. The molecule has 0 aliphatic carbocycles. The molecule has 3 aromatic carbocycles. The largest absolute Gasteiger partial charge is 0.280 e. The van der Waals surface area contributed by atoms with E-state index in [4.69, 9.17) is 0 Å². The zero-order chi connectivity index (χ0) is 23.7. The maximum absolute atomic E-state index is 12.9. The predicted octanol–water partition coefficient (Wildman–Crippen LogP) is 4.12. The first-order valence-corrected chi connectivity index (χ1v) is 12.3. The third-order valence-electron chi connectivity index (χ3n) is 4.71. The van der Waals surface area contributed by atoms with Gasteiger partial charge in [0.05, 0.1) is 20.4 Å². The van der Waals surface area contributed by atoms with Crippen LogP contribution in [0.15, 0.2) is 70.5 Å². The van der Waals surface area contributed by atoms with Crippen molar-refractivity contribution in [2.45, 2.75) is 30.6 Å². The van der Waals surface area contributed by atoms with Crippen LogP contribution < -0.4 is 9.44 Å². The Morgan fingerprint density at radius 1 is 0.781 bits per heavy atom. The summed E-state index contributed by atoms with van der Waals surface area (Å²) in [6.07, 6.45) is 0. The van der Waals surface area contributed by atoms with Crippen molar-refractivity contribution in [1.82, 2.24) is 0 Å². The highest BCUT2D eigenvalue weighted by molar-refractivity contribution is 7.93. The Labute approximate surface area is 186 Å². The molecule has 0 aliphatic rings. The average Bonchev–Trinajstić information content (AvgIpc) is 2.69. The van der Waals surface area contributed by atoms with Gasteiger partial charge in [-0.25, -0.2) is 16.8 Å². The molecular formula is C21H21N3O6S2. The molecule has 0 spiro atoms. The maximum atomic E-state index is 12.9. The van der Waals surface area contributed by atoms with Crippen LogP contribution in [-0.2, 0) is 20.0 Å². The van der Waals surface area contributed by atoms with E-state index in [2.05, 4.69) is 9.44 Å². The fourth-order valence-electron chi connectivity index (χ4n) is 2.99. The lowest BCUT2D eigenvalue weighted by Gasteiger charge is -2.14. The second-order valence-electron chi connectivity index (χ2n) is 7.26. The molecule has 0 unspecified atom stereocenters. The number of hydrogen-bond donors (Lipinski definition) is 2. The summed E-state index contributed by atoms with van der Waals surface area (Å²) in [6, 6.07) is 14.4. The zero-order valence-corrected chi connectivity index (χ0v) is 19.1. The molecule has 11 heteroatoms. The van der Waals surface area contributed by atoms with Gasteiger partial charge in [-0.3, -0.25) is 19.6 Å². The zero-order valence-electron chi connectivity index (χ0n) is 17.5. The van der Waals surface area contributed by atoms with Gasteiger partial charge in [0.2, 0.25) is 0 Å². The van der Waals surface area contributed by atoms with E-state index in [9.17, 15) is 26.9 Å². The highest BCUT2D eigenvalue weighted by Gasteiger charge is 2.23. The Hall–Kier alpha value is -3.44. The summed E-state index contributed by atoms with van der Waals surface area (Å²) in [6.45, 7) is 4.95. The standard InChI is InChI=1S/C21H21N3O6S2/c1-14-5-4-6-17(11-14)22-31(27,28)19-10-8-15(2)20(13-19)23-32(29,30)21-12-18(24(25)26)9-7-16(21)3/h4-13,22-23H,1-3H3. The van der Waals surface area contributed by atoms with Crippen molar-refractivity contribution in [1.29, 1.82) is 0 Å². The van der Waals surface area contributed by atoms with Gasteiger partial charge in [0.15, 0.2) is 0 Å². The summed E-state index contributed by atoms with van der Waals surface area (Å²) in [5.41, 5.74) is 1.71. The lowest BCUT2D eigenvalue weighted by atomic mass is 10.2. The molecule has 0 fully saturated rings. The summed E-state index contributed by atoms with van der Waals surface area (Å²) in [5.74, 6) is 0.